The monoisotopic (exact) mass is 885 g/mol. The molecule has 3 heterocycles. The number of aromatic nitrogens is 4. The van der Waals surface area contributed by atoms with Gasteiger partial charge in [-0.15, -0.1) is 0 Å². The third-order valence-electron chi connectivity index (χ3n) is 7.54. The summed E-state index contributed by atoms with van der Waals surface area (Å²) < 4.78 is 61.9. The molecule has 3 rings (SSSR count). The van der Waals surface area contributed by atoms with Gasteiger partial charge >= 0.3 is 23.5 Å². The fourth-order valence-corrected chi connectivity index (χ4v) is 8.19. The van der Waals surface area contributed by atoms with E-state index in [1.165, 1.54) is 13.8 Å². The number of ether oxygens (including phenoxy) is 1. The Morgan fingerprint density at radius 3 is 2.34 bits per heavy atom. The summed E-state index contributed by atoms with van der Waals surface area (Å²) >= 11 is 0.601. The number of nitrogens with zero attached hydrogens (tertiary/aromatic N) is 4. The van der Waals surface area contributed by atoms with Crippen molar-refractivity contribution >= 4 is 69.1 Å². The van der Waals surface area contributed by atoms with Crippen molar-refractivity contribution in [1.82, 2.24) is 30.2 Å². The van der Waals surface area contributed by atoms with E-state index in [2.05, 4.69) is 34.4 Å². The first-order valence-electron chi connectivity index (χ1n) is 15.9. The molecule has 0 aliphatic carbocycles. The number of rotatable bonds is 22. The number of carbonyl (C=O) groups excluding carboxylic acids is 3. The van der Waals surface area contributed by atoms with Gasteiger partial charge in [-0.05, 0) is 0 Å². The second-order valence-electron chi connectivity index (χ2n) is 12.4. The fraction of sp³-hybridized carbons (Fsp3) is 0.680. The molecule has 0 saturated carbocycles. The number of thioether (sulfide) groups is 1. The number of aliphatic hydroxyl groups excluding tert-OH is 5. The lowest BCUT2D eigenvalue weighted by Gasteiger charge is -2.30. The van der Waals surface area contributed by atoms with Crippen LogP contribution in [0, 0.1) is 5.41 Å². The number of imidazole rings is 1. The zero-order valence-corrected chi connectivity index (χ0v) is 32.8. The zero-order chi connectivity index (χ0) is 42.2. The summed E-state index contributed by atoms with van der Waals surface area (Å²) in [6.07, 6.45) is -10.6. The van der Waals surface area contributed by atoms with Gasteiger partial charge in [-0.25, -0.2) is 28.6 Å². The summed E-state index contributed by atoms with van der Waals surface area (Å²) in [5.41, 5.74) is 4.17. The van der Waals surface area contributed by atoms with E-state index in [1.54, 1.807) is 0 Å². The van der Waals surface area contributed by atoms with Crippen LogP contribution in [0.2, 0.25) is 0 Å². The molecule has 0 radical (unpaired) electrons. The van der Waals surface area contributed by atoms with Crippen LogP contribution < -0.4 is 16.4 Å². The molecule has 2 amide bonds. The standard InChI is InChI=1S/C25H42N7O20P3S/c1-25(2,19(38)22(39)28-4-3-14(35)27-5-6-56-24(40)16(36)12(34)7-33)9-49-55(46,47)52-54(44,45)48-8-13-18(51-53(41,42)43)17(37)23(50-13)32-11-31-15-20(26)29-10-30-21(15)32/h10-13,16-19,23,33-34,36-38H,3-9H2,1-2H3,(H,27,35)(H,28,39)(H,44,45)(H,46,47)(H2,26,29,30)(H2,41,42,43)/t12?,13-,16?,17-,18-,19+,23-/m1/s1. The van der Waals surface area contributed by atoms with Crippen LogP contribution in [0.25, 0.3) is 11.2 Å². The van der Waals surface area contributed by atoms with Gasteiger partial charge in [-0.2, -0.15) is 4.31 Å². The summed E-state index contributed by atoms with van der Waals surface area (Å²) in [6, 6.07) is 0. The molecule has 9 atom stereocenters. The zero-order valence-electron chi connectivity index (χ0n) is 29.3. The van der Waals surface area contributed by atoms with E-state index in [0.29, 0.717) is 11.8 Å². The largest absolute Gasteiger partial charge is 0.481 e. The Hall–Kier alpha value is -2.56. The first-order chi connectivity index (χ1) is 25.9. The highest BCUT2D eigenvalue weighted by atomic mass is 32.2. The molecule has 0 bridgehead atoms. The minimum Gasteiger partial charge on any atom is -0.394 e. The number of anilines is 1. The topological polar surface area (TPSA) is 424 Å². The van der Waals surface area contributed by atoms with Crippen LogP contribution in [0.15, 0.2) is 12.7 Å². The highest BCUT2D eigenvalue weighted by Gasteiger charge is 2.50. The van der Waals surface area contributed by atoms with Crippen molar-refractivity contribution < 1.29 is 95.8 Å². The van der Waals surface area contributed by atoms with Gasteiger partial charge in [0.25, 0.3) is 0 Å². The molecule has 4 unspecified atom stereocenters. The SMILES string of the molecule is CC(C)(COP(=O)(O)OP(=O)(O)OC[C@H]1O[C@@H](n2cnc3c(N)ncnc32)[C@H](O)[C@@H]1OP(=O)(O)O)[C@@H](O)C(=O)NCCC(=O)NCCSC(=O)C(O)C(O)CO. The van der Waals surface area contributed by atoms with Crippen LogP contribution in [0.3, 0.4) is 0 Å². The van der Waals surface area contributed by atoms with E-state index >= 15 is 0 Å². The molecule has 2 aromatic heterocycles. The van der Waals surface area contributed by atoms with Crippen LogP contribution in [-0.4, -0.2) is 157 Å². The number of carbonyl (C=O) groups is 3. The van der Waals surface area contributed by atoms with Gasteiger partial charge in [-0.3, -0.25) is 32.5 Å². The van der Waals surface area contributed by atoms with Crippen LogP contribution in [0.5, 0.6) is 0 Å². The lowest BCUT2D eigenvalue weighted by atomic mass is 9.87. The molecule has 13 N–H and O–H groups in total. The molecular weight excluding hydrogens is 843 g/mol. The van der Waals surface area contributed by atoms with Crippen molar-refractivity contribution in [2.75, 3.05) is 44.4 Å². The number of nitrogens with one attached hydrogen (secondary N) is 2. The molecule has 2 aromatic rings. The van der Waals surface area contributed by atoms with Crippen molar-refractivity contribution in [1.29, 1.82) is 0 Å². The van der Waals surface area contributed by atoms with Crippen LogP contribution in [0.4, 0.5) is 5.82 Å². The second-order valence-corrected chi connectivity index (χ2v) is 17.8. The van der Waals surface area contributed by atoms with Crippen LogP contribution in [-0.2, 0) is 50.7 Å². The molecule has 1 aliphatic heterocycles. The number of phosphoric acid groups is 3. The number of nitrogens with two attached hydrogens (primary N) is 1. The molecule has 31 heteroatoms. The summed E-state index contributed by atoms with van der Waals surface area (Å²) in [4.78, 5) is 87.0. The van der Waals surface area contributed by atoms with Gasteiger partial charge in [0.05, 0.1) is 26.1 Å². The maximum atomic E-state index is 12.6. The van der Waals surface area contributed by atoms with Crippen molar-refractivity contribution in [3.8, 4) is 0 Å². The first-order valence-corrected chi connectivity index (χ1v) is 21.4. The van der Waals surface area contributed by atoms with Gasteiger partial charge in [0.15, 0.2) is 23.8 Å². The van der Waals surface area contributed by atoms with E-state index in [1.807, 2.05) is 0 Å². The summed E-state index contributed by atoms with van der Waals surface area (Å²) in [5, 5.41) is 52.8. The van der Waals surface area contributed by atoms with Gasteiger partial charge < -0.3 is 66.2 Å². The quantitative estimate of drug-likeness (QED) is 0.0401. The van der Waals surface area contributed by atoms with Crippen LogP contribution >= 0.6 is 35.2 Å². The molecular formula is C25H42N7O20P3S. The number of hydrogen-bond acceptors (Lipinski definition) is 21. The van der Waals surface area contributed by atoms with E-state index in [0.717, 1.165) is 17.2 Å². The normalized spacial score (nSPS) is 22.8. The third-order valence-corrected chi connectivity index (χ3v) is 11.6. The number of phosphoric ester groups is 3. The van der Waals surface area contributed by atoms with Gasteiger partial charge in [0, 0.05) is 30.7 Å². The van der Waals surface area contributed by atoms with Crippen molar-refractivity contribution in [2.24, 2.45) is 5.41 Å². The van der Waals surface area contributed by atoms with E-state index < -0.39 is 108 Å². The van der Waals surface area contributed by atoms with Gasteiger partial charge in [0.2, 0.25) is 16.9 Å². The molecule has 27 nitrogen and oxygen atoms in total. The number of amides is 2. The average Bonchev–Trinajstić information content (AvgIpc) is 3.67. The molecule has 0 aromatic carbocycles. The molecule has 0 spiro atoms. The second kappa shape index (κ2) is 19.9. The summed E-state index contributed by atoms with van der Waals surface area (Å²) in [6.45, 7) is -0.820. The number of hydrogen-bond donors (Lipinski definition) is 12. The average molecular weight is 886 g/mol. The lowest BCUT2D eigenvalue weighted by molar-refractivity contribution is -0.137. The molecule has 1 saturated heterocycles. The Morgan fingerprint density at radius 1 is 1.04 bits per heavy atom. The number of nitrogen functional groups attached to an aromatic ring is 1. The summed E-state index contributed by atoms with van der Waals surface area (Å²) in [7, 11) is -16.5. The highest BCUT2D eigenvalue weighted by molar-refractivity contribution is 8.13. The Balaban J connectivity index is 1.49. The Bertz CT molecular complexity index is 1830. The number of fused-ring (bicyclic) bond motifs is 1. The maximum absolute atomic E-state index is 12.6. The van der Waals surface area contributed by atoms with Gasteiger partial charge in [-0.1, -0.05) is 25.6 Å². The van der Waals surface area contributed by atoms with E-state index in [-0.39, 0.29) is 42.2 Å². The maximum Gasteiger partial charge on any atom is 0.481 e. The Morgan fingerprint density at radius 2 is 1.70 bits per heavy atom. The minimum atomic E-state index is -5.60. The third kappa shape index (κ3) is 13.8. The Labute approximate surface area is 320 Å². The minimum absolute atomic E-state index is 0.0149. The molecule has 1 fully saturated rings. The smallest absolute Gasteiger partial charge is 0.394 e. The predicted molar refractivity (Wildman–Crippen MR) is 186 cm³/mol. The van der Waals surface area contributed by atoms with E-state index in [4.69, 9.17) is 24.6 Å². The first kappa shape index (κ1) is 47.8. The van der Waals surface area contributed by atoms with Crippen molar-refractivity contribution in [2.45, 2.75) is 63.1 Å². The molecule has 318 valence electrons. The lowest BCUT2D eigenvalue weighted by Crippen LogP contribution is -2.46. The predicted octanol–water partition coefficient (Wildman–Crippen LogP) is -3.62. The van der Waals surface area contributed by atoms with Crippen LogP contribution in [0.1, 0.15) is 26.5 Å². The van der Waals surface area contributed by atoms with Gasteiger partial charge in [0.1, 0.15) is 42.4 Å². The highest BCUT2D eigenvalue weighted by Crippen LogP contribution is 2.61. The fourth-order valence-electron chi connectivity index (χ4n) is 4.62. The molecule has 1 aliphatic rings. The number of aliphatic hydroxyl groups is 5. The molecule has 56 heavy (non-hydrogen) atoms. The van der Waals surface area contributed by atoms with Crippen molar-refractivity contribution in [3.63, 3.8) is 0 Å². The summed E-state index contributed by atoms with van der Waals surface area (Å²) in [5.74, 6) is -1.66. The Kier molecular flexibility index (Phi) is 17.0. The van der Waals surface area contributed by atoms with E-state index in [9.17, 15) is 68.1 Å². The van der Waals surface area contributed by atoms with Crippen molar-refractivity contribution in [3.05, 3.63) is 12.7 Å².